The molecule has 4 N–H and O–H groups in total. The van der Waals surface area contributed by atoms with Crippen molar-refractivity contribution in [2.24, 2.45) is 0 Å². The first kappa shape index (κ1) is 47.5. The van der Waals surface area contributed by atoms with Gasteiger partial charge in [0, 0.05) is 75.5 Å². The number of nitro benzene ring substituents is 2. The predicted octanol–water partition coefficient (Wildman–Crippen LogP) is 8.16. The predicted molar refractivity (Wildman–Crippen MR) is 211 cm³/mol. The summed E-state index contributed by atoms with van der Waals surface area (Å²) in [6, 6.07) is 11.5. The number of benzene rings is 2. The molecule has 0 amide bonds. The molecule has 0 aliphatic carbocycles. The van der Waals surface area contributed by atoms with E-state index < -0.39 is 9.85 Å². The third kappa shape index (κ3) is 20.2. The monoisotopic (exact) mass is 849 g/mol. The van der Waals surface area contributed by atoms with Crippen molar-refractivity contribution in [3.63, 3.8) is 0 Å². The van der Waals surface area contributed by atoms with Gasteiger partial charge in [-0.15, -0.1) is 0 Å². The molecule has 51 heavy (non-hydrogen) atoms. The lowest BCUT2D eigenvalue weighted by molar-refractivity contribution is -0.385. The highest BCUT2D eigenvalue weighted by atomic mass is 79.9. The van der Waals surface area contributed by atoms with Crippen LogP contribution in [-0.4, -0.2) is 66.0 Å². The zero-order valence-corrected chi connectivity index (χ0v) is 33.7. The number of nitro groups is 2. The highest BCUT2D eigenvalue weighted by Gasteiger charge is 2.11. The van der Waals surface area contributed by atoms with Crippen molar-refractivity contribution in [3.05, 3.63) is 127 Å². The van der Waals surface area contributed by atoms with Crippen molar-refractivity contribution < 1.29 is 15.0 Å². The van der Waals surface area contributed by atoms with Gasteiger partial charge < -0.3 is 20.0 Å². The molecule has 0 bridgehead atoms. The summed E-state index contributed by atoms with van der Waals surface area (Å²) >= 11 is 20.9. The summed E-state index contributed by atoms with van der Waals surface area (Å²) < 4.78 is 0.375. The second-order valence-electron chi connectivity index (χ2n) is 9.89. The maximum absolute atomic E-state index is 11.3. The highest BCUT2D eigenvalue weighted by molar-refractivity contribution is 9.08. The molecule has 2 heterocycles. The number of nitrogens with zero attached hydrogens (tertiary/aromatic N) is 4. The summed E-state index contributed by atoms with van der Waals surface area (Å²) in [5.74, 6) is 0.382. The molecule has 2 aromatic heterocycles. The van der Waals surface area contributed by atoms with E-state index in [-0.39, 0.29) is 29.1 Å². The lowest BCUT2D eigenvalue weighted by Gasteiger charge is -2.13. The van der Waals surface area contributed by atoms with Crippen LogP contribution in [0.5, 0.6) is 0 Å². The number of alkyl halides is 1. The Hall–Kier alpha value is -3.45. The second-order valence-corrected chi connectivity index (χ2v) is 12.6. The van der Waals surface area contributed by atoms with Crippen molar-refractivity contribution in [3.8, 4) is 0 Å². The van der Waals surface area contributed by atoms with Gasteiger partial charge in [-0.2, -0.15) is 0 Å². The van der Waals surface area contributed by atoms with Crippen LogP contribution in [0.1, 0.15) is 50.2 Å². The molecule has 0 saturated carbocycles. The van der Waals surface area contributed by atoms with Crippen LogP contribution in [0, 0.1) is 38.8 Å². The summed E-state index contributed by atoms with van der Waals surface area (Å²) in [7, 11) is 0. The average Bonchev–Trinajstić information content (AvgIpc) is 3.05. The Kier molecular flexibility index (Phi) is 24.6. The van der Waals surface area contributed by atoms with E-state index in [4.69, 9.17) is 28.3 Å². The summed E-state index contributed by atoms with van der Waals surface area (Å²) in [5.41, 5.74) is 2.40. The van der Waals surface area contributed by atoms with Gasteiger partial charge in [0.15, 0.2) is 9.93 Å². The Morgan fingerprint density at radius 2 is 1.31 bits per heavy atom. The number of aliphatic hydroxyl groups is 1. The van der Waals surface area contributed by atoms with E-state index in [1.807, 2.05) is 0 Å². The van der Waals surface area contributed by atoms with E-state index in [1.165, 1.54) is 79.9 Å². The molecule has 280 valence electrons. The maximum Gasteiger partial charge on any atom is 0.269 e. The minimum absolute atomic E-state index is 0.0179. The van der Waals surface area contributed by atoms with Crippen LogP contribution >= 0.6 is 63.1 Å². The zero-order valence-electron chi connectivity index (χ0n) is 29.0. The van der Waals surface area contributed by atoms with Gasteiger partial charge in [-0.25, -0.2) is 4.98 Å². The standard InChI is InChI=1S/C12H10ClN3O3S.C7H5BrClNO2.C6H15N.C5H6N2OS.C2H6O/c1-7-4-11(17)15-12(14-7)20-6-8-5-9(16(18)19)2-3-10(8)13;8-4-5-3-6(10(11)12)1-2-7(5)9;1-4-7(5-2)6-3;1-3-2-4(8)7-5(9)6-3;1-2-3/h2-5H,6H2,1H3,(H,14,15,17);1-3H,4H2;4-6H2,1-3H3;2H,1H3,(H2,6,7,8,9);3H,2H2,1H3. The first-order valence-corrected chi connectivity index (χ1v) is 18.6. The molecule has 14 nitrogen and oxygen atoms in total. The highest BCUT2D eigenvalue weighted by Crippen LogP contribution is 2.28. The number of thioether (sulfide) groups is 1. The lowest BCUT2D eigenvalue weighted by Crippen LogP contribution is -2.21. The van der Waals surface area contributed by atoms with Crippen LogP contribution in [0.2, 0.25) is 10.0 Å². The summed E-state index contributed by atoms with van der Waals surface area (Å²) in [4.78, 5) is 56.3. The van der Waals surface area contributed by atoms with Crippen LogP contribution in [-0.2, 0) is 11.1 Å². The van der Waals surface area contributed by atoms with Crippen molar-refractivity contribution in [2.75, 3.05) is 26.2 Å². The van der Waals surface area contributed by atoms with E-state index in [1.54, 1.807) is 20.8 Å². The molecule has 0 spiro atoms. The van der Waals surface area contributed by atoms with Crippen LogP contribution in [0.25, 0.3) is 0 Å². The Morgan fingerprint density at radius 3 is 1.71 bits per heavy atom. The van der Waals surface area contributed by atoms with Gasteiger partial charge in [-0.05, 0) is 75.9 Å². The number of aryl methyl sites for hydroxylation is 2. The molecular formula is C32H42BrCl2N7O7S2. The maximum atomic E-state index is 11.3. The van der Waals surface area contributed by atoms with Gasteiger partial charge in [0.25, 0.3) is 22.5 Å². The van der Waals surface area contributed by atoms with Crippen molar-refractivity contribution in [1.82, 2.24) is 24.8 Å². The first-order chi connectivity index (χ1) is 24.0. The molecule has 19 heteroatoms. The third-order valence-corrected chi connectivity index (χ3v) is 8.54. The molecule has 0 aliphatic rings. The Labute approximate surface area is 323 Å². The fourth-order valence-electron chi connectivity index (χ4n) is 3.59. The Bertz CT molecular complexity index is 1820. The number of hydrogen-bond acceptors (Lipinski definition) is 11. The van der Waals surface area contributed by atoms with E-state index in [9.17, 15) is 29.8 Å². The molecule has 2 aromatic carbocycles. The van der Waals surface area contributed by atoms with Crippen LogP contribution in [0.15, 0.2) is 63.3 Å². The molecular weight excluding hydrogens is 809 g/mol. The van der Waals surface area contributed by atoms with Crippen LogP contribution in [0.3, 0.4) is 0 Å². The fourth-order valence-corrected chi connectivity index (χ4v) is 5.84. The molecule has 4 rings (SSSR count). The van der Waals surface area contributed by atoms with Gasteiger partial charge >= 0.3 is 0 Å². The summed E-state index contributed by atoms with van der Waals surface area (Å²) in [6.07, 6.45) is 0. The second kappa shape index (κ2) is 26.3. The van der Waals surface area contributed by atoms with E-state index in [2.05, 4.69) is 73.8 Å². The molecule has 0 saturated heterocycles. The number of halogens is 3. The number of aromatic amines is 3. The lowest BCUT2D eigenvalue weighted by atomic mass is 10.2. The Balaban J connectivity index is 0.000000689. The van der Waals surface area contributed by atoms with Gasteiger partial charge in [0.1, 0.15) is 0 Å². The molecule has 0 unspecified atom stereocenters. The average molecular weight is 852 g/mol. The number of aromatic nitrogens is 4. The summed E-state index contributed by atoms with van der Waals surface area (Å²) in [6.45, 7) is 15.6. The summed E-state index contributed by atoms with van der Waals surface area (Å²) in [5, 5.41) is 30.6. The Morgan fingerprint density at radius 1 is 0.843 bits per heavy atom. The fraction of sp³-hybridized carbons (Fsp3) is 0.375. The normalized spacial score (nSPS) is 9.86. The quantitative estimate of drug-likeness (QED) is 0.0316. The van der Waals surface area contributed by atoms with Crippen LogP contribution in [0.4, 0.5) is 11.4 Å². The van der Waals surface area contributed by atoms with Crippen molar-refractivity contribution in [1.29, 1.82) is 0 Å². The van der Waals surface area contributed by atoms with Gasteiger partial charge in [-0.1, -0.05) is 71.7 Å². The van der Waals surface area contributed by atoms with Gasteiger partial charge in [0.2, 0.25) is 0 Å². The molecule has 0 atom stereocenters. The number of hydrogen-bond donors (Lipinski definition) is 4. The first-order valence-electron chi connectivity index (χ1n) is 15.3. The molecule has 0 aliphatic heterocycles. The zero-order chi connectivity index (χ0) is 39.1. The van der Waals surface area contributed by atoms with E-state index in [0.29, 0.717) is 42.3 Å². The van der Waals surface area contributed by atoms with Gasteiger partial charge in [0.05, 0.1) is 9.85 Å². The van der Waals surface area contributed by atoms with E-state index in [0.717, 1.165) is 11.3 Å². The van der Waals surface area contributed by atoms with E-state index >= 15 is 0 Å². The van der Waals surface area contributed by atoms with Crippen LogP contribution < -0.4 is 11.1 Å². The number of H-pyrrole nitrogens is 3. The third-order valence-electron chi connectivity index (χ3n) is 6.07. The number of nitrogens with one attached hydrogen (secondary N) is 3. The number of aliphatic hydroxyl groups excluding tert-OH is 1. The minimum Gasteiger partial charge on any atom is -0.397 e. The smallest absolute Gasteiger partial charge is 0.269 e. The molecule has 0 fully saturated rings. The van der Waals surface area contributed by atoms with Crippen molar-refractivity contribution >= 4 is 74.5 Å². The molecule has 4 aromatic rings. The van der Waals surface area contributed by atoms with Crippen molar-refractivity contribution in [2.45, 2.75) is 57.8 Å². The molecule has 0 radical (unpaired) electrons. The largest absolute Gasteiger partial charge is 0.397 e. The number of rotatable bonds is 9. The minimum atomic E-state index is -0.475. The topological polar surface area (TPSA) is 204 Å². The SMILES string of the molecule is CCN(CC)CC.CCO.Cc1cc(=O)[nH]c(=S)[nH]1.Cc1cc(=O)[nH]c(SCc2cc([N+](=O)[O-])ccc2Cl)n1.O=[N+]([O-])c1ccc(Cl)c(CBr)c1. The number of non-ortho nitro benzene ring substituents is 2. The van der Waals surface area contributed by atoms with Gasteiger partial charge in [-0.3, -0.25) is 34.8 Å².